The quantitative estimate of drug-likeness (QED) is 0.774. The second-order valence-electron chi connectivity index (χ2n) is 7.89. The van der Waals surface area contributed by atoms with Gasteiger partial charge in [-0.3, -0.25) is 10.1 Å². The molecule has 1 aromatic heterocycles. The molecule has 0 saturated carbocycles. The predicted octanol–water partition coefficient (Wildman–Crippen LogP) is 3.36. The van der Waals surface area contributed by atoms with E-state index in [1.54, 1.807) is 12.1 Å². The van der Waals surface area contributed by atoms with Gasteiger partial charge in [0.15, 0.2) is 0 Å². The number of hydrogen-bond donors (Lipinski definition) is 1. The SMILES string of the molecule is Cc1nc(NC(=O)C2CCN(S(=O)(=O)c3ccc(Cl)cc3)CC2)nc2c1CCCC2. The van der Waals surface area contributed by atoms with Crippen molar-refractivity contribution in [1.29, 1.82) is 0 Å². The second kappa shape index (κ2) is 8.61. The molecule has 7 nitrogen and oxygen atoms in total. The molecule has 0 atom stereocenters. The summed E-state index contributed by atoms with van der Waals surface area (Å²) in [7, 11) is -3.58. The van der Waals surface area contributed by atoms with Crippen LogP contribution >= 0.6 is 11.6 Å². The average molecular weight is 449 g/mol. The summed E-state index contributed by atoms with van der Waals surface area (Å²) < 4.78 is 27.0. The lowest BCUT2D eigenvalue weighted by Gasteiger charge is -2.30. The highest BCUT2D eigenvalue weighted by molar-refractivity contribution is 7.89. The minimum atomic E-state index is -3.58. The number of benzene rings is 1. The van der Waals surface area contributed by atoms with E-state index in [2.05, 4.69) is 15.3 Å². The Morgan fingerprint density at radius 1 is 1.10 bits per heavy atom. The maximum atomic E-state index is 12.8. The van der Waals surface area contributed by atoms with Gasteiger partial charge in [0, 0.05) is 35.4 Å². The van der Waals surface area contributed by atoms with Crippen molar-refractivity contribution in [2.75, 3.05) is 18.4 Å². The summed E-state index contributed by atoms with van der Waals surface area (Å²) in [5, 5.41) is 3.34. The molecule has 1 N–H and O–H groups in total. The van der Waals surface area contributed by atoms with Gasteiger partial charge in [-0.25, -0.2) is 18.4 Å². The number of rotatable bonds is 4. The lowest BCUT2D eigenvalue weighted by molar-refractivity contribution is -0.121. The first-order valence-corrected chi connectivity index (χ1v) is 12.1. The van der Waals surface area contributed by atoms with Gasteiger partial charge in [0.05, 0.1) is 4.90 Å². The number of aromatic nitrogens is 2. The zero-order valence-corrected chi connectivity index (χ0v) is 18.5. The molecule has 9 heteroatoms. The van der Waals surface area contributed by atoms with Crippen molar-refractivity contribution in [2.45, 2.75) is 50.3 Å². The fourth-order valence-corrected chi connectivity index (χ4v) is 5.76. The van der Waals surface area contributed by atoms with E-state index in [9.17, 15) is 13.2 Å². The zero-order chi connectivity index (χ0) is 21.3. The minimum absolute atomic E-state index is 0.145. The highest BCUT2D eigenvalue weighted by Gasteiger charge is 2.32. The molecule has 2 heterocycles. The van der Waals surface area contributed by atoms with Crippen LogP contribution in [0.3, 0.4) is 0 Å². The lowest BCUT2D eigenvalue weighted by atomic mass is 9.95. The van der Waals surface area contributed by atoms with Crippen LogP contribution in [-0.2, 0) is 27.7 Å². The number of piperidine rings is 1. The first-order valence-electron chi connectivity index (χ1n) is 10.3. The van der Waals surface area contributed by atoms with Crippen molar-refractivity contribution in [3.05, 3.63) is 46.2 Å². The third kappa shape index (κ3) is 4.36. The van der Waals surface area contributed by atoms with Gasteiger partial charge in [0.25, 0.3) is 0 Å². The number of halogens is 1. The molecule has 0 bridgehead atoms. The Bertz CT molecular complexity index is 1050. The third-order valence-electron chi connectivity index (χ3n) is 5.90. The van der Waals surface area contributed by atoms with E-state index < -0.39 is 10.0 Å². The van der Waals surface area contributed by atoms with Crippen LogP contribution in [0.4, 0.5) is 5.95 Å². The predicted molar refractivity (Wildman–Crippen MR) is 115 cm³/mol. The Balaban J connectivity index is 1.39. The van der Waals surface area contributed by atoms with Crippen LogP contribution in [0.2, 0.25) is 5.02 Å². The average Bonchev–Trinajstić information content (AvgIpc) is 2.74. The number of aryl methyl sites for hydroxylation is 2. The van der Waals surface area contributed by atoms with Crippen LogP contribution in [-0.4, -0.2) is 41.7 Å². The van der Waals surface area contributed by atoms with Crippen molar-refractivity contribution in [3.8, 4) is 0 Å². The van der Waals surface area contributed by atoms with E-state index in [0.29, 0.717) is 36.9 Å². The summed E-state index contributed by atoms with van der Waals surface area (Å²) in [5.74, 6) is -0.0512. The highest BCUT2D eigenvalue weighted by Crippen LogP contribution is 2.26. The number of carbonyl (C=O) groups is 1. The molecule has 0 radical (unpaired) electrons. The topological polar surface area (TPSA) is 92.3 Å². The van der Waals surface area contributed by atoms with E-state index in [4.69, 9.17) is 11.6 Å². The summed E-state index contributed by atoms with van der Waals surface area (Å²) in [6.45, 7) is 2.56. The van der Waals surface area contributed by atoms with Crippen LogP contribution < -0.4 is 5.32 Å². The molecule has 1 amide bonds. The fourth-order valence-electron chi connectivity index (χ4n) is 4.16. The molecule has 1 aliphatic heterocycles. The number of nitrogens with one attached hydrogen (secondary N) is 1. The molecule has 0 spiro atoms. The van der Waals surface area contributed by atoms with Crippen LogP contribution in [0.15, 0.2) is 29.2 Å². The molecule has 1 aliphatic carbocycles. The number of anilines is 1. The zero-order valence-electron chi connectivity index (χ0n) is 16.9. The van der Waals surface area contributed by atoms with Gasteiger partial charge in [-0.15, -0.1) is 0 Å². The van der Waals surface area contributed by atoms with Crippen molar-refractivity contribution in [1.82, 2.24) is 14.3 Å². The highest BCUT2D eigenvalue weighted by atomic mass is 35.5. The molecule has 1 aromatic carbocycles. The monoisotopic (exact) mass is 448 g/mol. The Hall–Kier alpha value is -2.03. The molecular weight excluding hydrogens is 424 g/mol. The van der Waals surface area contributed by atoms with Crippen molar-refractivity contribution < 1.29 is 13.2 Å². The Morgan fingerprint density at radius 2 is 1.77 bits per heavy atom. The van der Waals surface area contributed by atoms with E-state index in [-0.39, 0.29) is 16.7 Å². The van der Waals surface area contributed by atoms with E-state index in [1.165, 1.54) is 22.0 Å². The Kier molecular flexibility index (Phi) is 6.09. The standard InChI is InChI=1S/C21H25ClN4O3S/c1-14-18-4-2-3-5-19(18)24-21(23-14)25-20(27)15-10-12-26(13-11-15)30(28,29)17-8-6-16(22)7-9-17/h6-9,15H,2-5,10-13H2,1H3,(H,23,24,25,27). The molecule has 2 aliphatic rings. The van der Waals surface area contributed by atoms with E-state index in [0.717, 1.165) is 37.1 Å². The van der Waals surface area contributed by atoms with Gasteiger partial charge < -0.3 is 0 Å². The second-order valence-corrected chi connectivity index (χ2v) is 10.3. The molecule has 1 fully saturated rings. The van der Waals surface area contributed by atoms with Crippen LogP contribution in [0.25, 0.3) is 0 Å². The van der Waals surface area contributed by atoms with Crippen LogP contribution in [0.1, 0.15) is 42.6 Å². The van der Waals surface area contributed by atoms with Crippen LogP contribution in [0, 0.1) is 12.8 Å². The van der Waals surface area contributed by atoms with E-state index >= 15 is 0 Å². The molecule has 0 unspecified atom stereocenters. The molecule has 30 heavy (non-hydrogen) atoms. The molecular formula is C21H25ClN4O3S. The van der Waals surface area contributed by atoms with Gasteiger partial charge in [-0.2, -0.15) is 4.31 Å². The number of sulfonamides is 1. The number of hydrogen-bond acceptors (Lipinski definition) is 5. The summed E-state index contributed by atoms with van der Waals surface area (Å²) in [5.41, 5.74) is 3.17. The van der Waals surface area contributed by atoms with Crippen molar-refractivity contribution in [3.63, 3.8) is 0 Å². The Morgan fingerprint density at radius 3 is 2.47 bits per heavy atom. The van der Waals surface area contributed by atoms with Gasteiger partial charge in [0.2, 0.25) is 21.9 Å². The van der Waals surface area contributed by atoms with Crippen molar-refractivity contribution >= 4 is 33.5 Å². The number of amides is 1. The molecule has 1 saturated heterocycles. The summed E-state index contributed by atoms with van der Waals surface area (Å²) in [6.07, 6.45) is 5.10. The maximum absolute atomic E-state index is 12.8. The number of nitrogens with zero attached hydrogens (tertiary/aromatic N) is 3. The van der Waals surface area contributed by atoms with Crippen molar-refractivity contribution in [2.24, 2.45) is 5.92 Å². The maximum Gasteiger partial charge on any atom is 0.243 e. The molecule has 160 valence electrons. The normalized spacial score (nSPS) is 18.1. The van der Waals surface area contributed by atoms with Gasteiger partial charge in [-0.05, 0) is 75.3 Å². The molecule has 4 rings (SSSR count). The van der Waals surface area contributed by atoms with Gasteiger partial charge in [-0.1, -0.05) is 11.6 Å². The smallest absolute Gasteiger partial charge is 0.243 e. The number of fused-ring (bicyclic) bond motifs is 1. The first kappa shape index (κ1) is 21.2. The fraction of sp³-hybridized carbons (Fsp3) is 0.476. The van der Waals surface area contributed by atoms with Gasteiger partial charge in [0.1, 0.15) is 0 Å². The third-order valence-corrected chi connectivity index (χ3v) is 8.07. The minimum Gasteiger partial charge on any atom is -0.294 e. The summed E-state index contributed by atoms with van der Waals surface area (Å²) >= 11 is 5.85. The lowest BCUT2D eigenvalue weighted by Crippen LogP contribution is -2.41. The van der Waals surface area contributed by atoms with Gasteiger partial charge >= 0.3 is 0 Å². The first-order chi connectivity index (χ1) is 14.3. The number of carbonyl (C=O) groups excluding carboxylic acids is 1. The van der Waals surface area contributed by atoms with Crippen LogP contribution in [0.5, 0.6) is 0 Å². The largest absolute Gasteiger partial charge is 0.294 e. The van der Waals surface area contributed by atoms with E-state index in [1.807, 2.05) is 6.92 Å². The summed E-state index contributed by atoms with van der Waals surface area (Å²) in [6, 6.07) is 6.14. The molecule has 2 aromatic rings. The Labute approximate surface area is 181 Å². The summed E-state index contributed by atoms with van der Waals surface area (Å²) in [4.78, 5) is 22.0.